The molecule has 1 atom stereocenters. The van der Waals surface area contributed by atoms with Crippen LogP contribution in [-0.2, 0) is 16.1 Å². The average molecular weight is 304 g/mol. The summed E-state index contributed by atoms with van der Waals surface area (Å²) < 4.78 is 5.50. The summed E-state index contributed by atoms with van der Waals surface area (Å²) in [4.78, 5) is 12.1. The van der Waals surface area contributed by atoms with Gasteiger partial charge in [-0.2, -0.15) is 11.8 Å². The Morgan fingerprint density at radius 3 is 2.85 bits per heavy atom. The number of esters is 1. The number of benzene rings is 2. The van der Waals surface area contributed by atoms with E-state index in [0.29, 0.717) is 6.61 Å². The van der Waals surface area contributed by atoms with Gasteiger partial charge in [0, 0.05) is 17.3 Å². The summed E-state index contributed by atoms with van der Waals surface area (Å²) in [5.74, 6) is 2.98. The highest BCUT2D eigenvalue weighted by Gasteiger charge is 2.23. The van der Waals surface area contributed by atoms with Crippen molar-refractivity contribution in [2.75, 3.05) is 17.3 Å². The Hall–Kier alpha value is -1.13. The van der Waals surface area contributed by atoms with E-state index in [4.69, 9.17) is 4.74 Å². The summed E-state index contributed by atoms with van der Waals surface area (Å²) >= 11 is 3.55. The third-order valence-corrected chi connectivity index (χ3v) is 6.06. The highest BCUT2D eigenvalue weighted by atomic mass is 32.2. The van der Waals surface area contributed by atoms with E-state index in [1.165, 1.54) is 5.39 Å². The molecule has 4 heteroatoms. The van der Waals surface area contributed by atoms with Crippen molar-refractivity contribution >= 4 is 40.3 Å². The van der Waals surface area contributed by atoms with Gasteiger partial charge < -0.3 is 4.74 Å². The highest BCUT2D eigenvalue weighted by molar-refractivity contribution is 8.07. The van der Waals surface area contributed by atoms with Gasteiger partial charge in [0.1, 0.15) is 11.9 Å². The molecular formula is C16H16O2S2. The van der Waals surface area contributed by atoms with Crippen molar-refractivity contribution in [2.24, 2.45) is 0 Å². The Morgan fingerprint density at radius 2 is 2.00 bits per heavy atom. The SMILES string of the molecule is O=C(OCc1cccc2ccccc12)C1CSCCS1. The zero-order valence-electron chi connectivity index (χ0n) is 11.1. The highest BCUT2D eigenvalue weighted by Crippen LogP contribution is 2.26. The van der Waals surface area contributed by atoms with Crippen LogP contribution in [0.15, 0.2) is 42.5 Å². The second-order valence-electron chi connectivity index (χ2n) is 4.68. The smallest absolute Gasteiger partial charge is 0.320 e. The van der Waals surface area contributed by atoms with Gasteiger partial charge >= 0.3 is 5.97 Å². The molecular weight excluding hydrogens is 288 g/mol. The molecule has 3 rings (SSSR count). The topological polar surface area (TPSA) is 26.3 Å². The minimum atomic E-state index is -0.0739. The molecule has 104 valence electrons. The summed E-state index contributed by atoms with van der Waals surface area (Å²) in [5.41, 5.74) is 1.07. The van der Waals surface area contributed by atoms with Crippen LogP contribution >= 0.6 is 23.5 Å². The van der Waals surface area contributed by atoms with Gasteiger partial charge in [0.05, 0.1) is 0 Å². The molecule has 1 aliphatic heterocycles. The standard InChI is InChI=1S/C16H16O2S2/c17-16(15-11-19-8-9-20-15)18-10-13-6-3-5-12-4-1-2-7-14(12)13/h1-7,15H,8-11H2. The van der Waals surface area contributed by atoms with E-state index >= 15 is 0 Å². The monoisotopic (exact) mass is 304 g/mol. The van der Waals surface area contributed by atoms with Crippen LogP contribution in [0.25, 0.3) is 10.8 Å². The summed E-state index contributed by atoms with van der Waals surface area (Å²) in [6, 6.07) is 14.3. The van der Waals surface area contributed by atoms with Crippen LogP contribution in [0.1, 0.15) is 5.56 Å². The Labute approximate surface area is 127 Å². The van der Waals surface area contributed by atoms with Crippen LogP contribution < -0.4 is 0 Å². The Balaban J connectivity index is 1.69. The number of rotatable bonds is 3. The number of hydrogen-bond acceptors (Lipinski definition) is 4. The van der Waals surface area contributed by atoms with Crippen LogP contribution in [0.2, 0.25) is 0 Å². The van der Waals surface area contributed by atoms with E-state index < -0.39 is 0 Å². The van der Waals surface area contributed by atoms with E-state index in [2.05, 4.69) is 18.2 Å². The van der Waals surface area contributed by atoms with Crippen LogP contribution in [0.5, 0.6) is 0 Å². The first-order valence-electron chi connectivity index (χ1n) is 6.67. The van der Waals surface area contributed by atoms with Gasteiger partial charge in [0.15, 0.2) is 0 Å². The number of hydrogen-bond donors (Lipinski definition) is 0. The fourth-order valence-corrected chi connectivity index (χ4v) is 4.82. The molecule has 2 nitrogen and oxygen atoms in total. The fourth-order valence-electron chi connectivity index (χ4n) is 2.28. The third kappa shape index (κ3) is 3.13. The molecule has 0 bridgehead atoms. The summed E-state index contributed by atoms with van der Waals surface area (Å²) in [5, 5.41) is 2.35. The molecule has 0 radical (unpaired) electrons. The lowest BCUT2D eigenvalue weighted by atomic mass is 10.1. The van der Waals surface area contributed by atoms with Gasteiger partial charge in [-0.05, 0) is 16.3 Å². The quantitative estimate of drug-likeness (QED) is 0.807. The van der Waals surface area contributed by atoms with Crippen molar-refractivity contribution in [2.45, 2.75) is 11.9 Å². The Kier molecular flexibility index (Phi) is 4.53. The number of carbonyl (C=O) groups excluding carboxylic acids is 1. The maximum absolute atomic E-state index is 12.1. The van der Waals surface area contributed by atoms with E-state index in [1.807, 2.05) is 36.0 Å². The van der Waals surface area contributed by atoms with Crippen molar-refractivity contribution in [3.8, 4) is 0 Å². The van der Waals surface area contributed by atoms with Gasteiger partial charge in [-0.25, -0.2) is 0 Å². The average Bonchev–Trinajstić information content (AvgIpc) is 2.53. The van der Waals surface area contributed by atoms with Crippen molar-refractivity contribution < 1.29 is 9.53 Å². The first-order valence-corrected chi connectivity index (χ1v) is 8.87. The first-order chi connectivity index (χ1) is 9.84. The van der Waals surface area contributed by atoms with Gasteiger partial charge in [-0.3, -0.25) is 4.79 Å². The van der Waals surface area contributed by atoms with E-state index in [-0.39, 0.29) is 11.2 Å². The maximum Gasteiger partial charge on any atom is 0.320 e. The zero-order chi connectivity index (χ0) is 13.8. The van der Waals surface area contributed by atoms with Crippen molar-refractivity contribution in [1.29, 1.82) is 0 Å². The van der Waals surface area contributed by atoms with Crippen LogP contribution in [0, 0.1) is 0 Å². The second kappa shape index (κ2) is 6.55. The molecule has 0 saturated carbocycles. The number of ether oxygens (including phenoxy) is 1. The first kappa shape index (κ1) is 13.8. The normalized spacial score (nSPS) is 18.9. The molecule has 0 spiro atoms. The van der Waals surface area contributed by atoms with Crippen molar-refractivity contribution in [1.82, 2.24) is 0 Å². The molecule has 1 heterocycles. The number of fused-ring (bicyclic) bond motifs is 1. The van der Waals surface area contributed by atoms with Crippen LogP contribution in [0.4, 0.5) is 0 Å². The molecule has 20 heavy (non-hydrogen) atoms. The summed E-state index contributed by atoms with van der Waals surface area (Å²) in [7, 11) is 0. The third-order valence-electron chi connectivity index (χ3n) is 3.33. The van der Waals surface area contributed by atoms with Gasteiger partial charge in [0.2, 0.25) is 0 Å². The van der Waals surface area contributed by atoms with Gasteiger partial charge in [0.25, 0.3) is 0 Å². The minimum Gasteiger partial charge on any atom is -0.460 e. The lowest BCUT2D eigenvalue weighted by Gasteiger charge is -2.19. The number of carbonyl (C=O) groups is 1. The Morgan fingerprint density at radius 1 is 1.15 bits per heavy atom. The maximum atomic E-state index is 12.1. The molecule has 0 amide bonds. The Bertz CT molecular complexity index is 601. The van der Waals surface area contributed by atoms with Crippen LogP contribution in [0.3, 0.4) is 0 Å². The summed E-state index contributed by atoms with van der Waals surface area (Å²) in [6.07, 6.45) is 0. The van der Waals surface area contributed by atoms with Gasteiger partial charge in [-0.15, -0.1) is 11.8 Å². The van der Waals surface area contributed by atoms with E-state index in [1.54, 1.807) is 11.8 Å². The van der Waals surface area contributed by atoms with E-state index in [9.17, 15) is 4.79 Å². The molecule has 0 aliphatic carbocycles. The molecule has 2 aromatic carbocycles. The predicted molar refractivity (Wildman–Crippen MR) is 87.3 cm³/mol. The number of thioether (sulfide) groups is 2. The lowest BCUT2D eigenvalue weighted by molar-refractivity contribution is -0.143. The van der Waals surface area contributed by atoms with Crippen molar-refractivity contribution in [3.63, 3.8) is 0 Å². The lowest BCUT2D eigenvalue weighted by Crippen LogP contribution is -2.26. The minimum absolute atomic E-state index is 0.00345. The molecule has 1 saturated heterocycles. The molecule has 0 aromatic heterocycles. The van der Waals surface area contributed by atoms with Crippen LogP contribution in [-0.4, -0.2) is 28.5 Å². The van der Waals surface area contributed by atoms with Crippen molar-refractivity contribution in [3.05, 3.63) is 48.0 Å². The fraction of sp³-hybridized carbons (Fsp3) is 0.312. The van der Waals surface area contributed by atoms with Gasteiger partial charge in [-0.1, -0.05) is 42.5 Å². The molecule has 0 N–H and O–H groups in total. The second-order valence-corrected chi connectivity index (χ2v) is 7.14. The molecule has 2 aromatic rings. The zero-order valence-corrected chi connectivity index (χ0v) is 12.7. The largest absolute Gasteiger partial charge is 0.460 e. The molecule has 1 aliphatic rings. The predicted octanol–water partition coefficient (Wildman–Crippen LogP) is 3.73. The molecule has 1 fully saturated rings. The van der Waals surface area contributed by atoms with E-state index in [0.717, 1.165) is 28.2 Å². The molecule has 1 unspecified atom stereocenters. The summed E-state index contributed by atoms with van der Waals surface area (Å²) in [6.45, 7) is 0.363.